The highest BCUT2D eigenvalue weighted by Crippen LogP contribution is 2.44. The van der Waals surface area contributed by atoms with Crippen molar-refractivity contribution in [3.8, 4) is 11.8 Å². The van der Waals surface area contributed by atoms with Crippen LogP contribution in [0.3, 0.4) is 0 Å². The molecule has 3 aromatic carbocycles. The third-order valence-electron chi connectivity index (χ3n) is 8.60. The summed E-state index contributed by atoms with van der Waals surface area (Å²) in [4.78, 5) is 47.0. The molecule has 1 unspecified atom stereocenters. The van der Waals surface area contributed by atoms with Crippen LogP contribution in [0.5, 0.6) is 0 Å². The van der Waals surface area contributed by atoms with Crippen LogP contribution in [-0.4, -0.2) is 83.6 Å². The number of hydrogen-bond donors (Lipinski definition) is 1. The molecule has 14 heteroatoms. The maximum Gasteiger partial charge on any atom is 0.416 e. The van der Waals surface area contributed by atoms with Crippen LogP contribution in [0.25, 0.3) is 5.69 Å². The molecule has 0 aliphatic carbocycles. The molecule has 1 N–H and O–H groups in total. The lowest BCUT2D eigenvalue weighted by Gasteiger charge is -2.38. The van der Waals surface area contributed by atoms with Crippen LogP contribution < -0.4 is 10.2 Å². The first kappa shape index (κ1) is 35.7. The molecule has 2 heterocycles. The number of likely N-dealkylation sites (N-methyl/N-ethyl adjacent to an activating group) is 1. The Bertz CT molecular complexity index is 1920. The van der Waals surface area contributed by atoms with E-state index < -0.39 is 53.3 Å². The van der Waals surface area contributed by atoms with Gasteiger partial charge in [0.1, 0.15) is 23.7 Å². The van der Waals surface area contributed by atoms with Crippen molar-refractivity contribution in [2.75, 3.05) is 39.1 Å². The van der Waals surface area contributed by atoms with Gasteiger partial charge in [0.15, 0.2) is 5.69 Å². The van der Waals surface area contributed by atoms with Crippen molar-refractivity contribution in [1.82, 2.24) is 24.9 Å². The van der Waals surface area contributed by atoms with Gasteiger partial charge in [0.25, 0.3) is 17.7 Å². The van der Waals surface area contributed by atoms with Crippen molar-refractivity contribution in [1.29, 1.82) is 5.26 Å². The van der Waals surface area contributed by atoms with E-state index in [1.54, 1.807) is 37.3 Å². The maximum absolute atomic E-state index is 14.4. The number of nitrogens with zero attached hydrogens (tertiary/aromatic N) is 6. The Morgan fingerprint density at radius 3 is 2.30 bits per heavy atom. The van der Waals surface area contributed by atoms with Gasteiger partial charge >= 0.3 is 6.18 Å². The average molecular weight is 690 g/mol. The molecular formula is C36H35F4N7O3. The third kappa shape index (κ3) is 7.09. The predicted octanol–water partition coefficient (Wildman–Crippen LogP) is 5.24. The topological polar surface area (TPSA) is 115 Å². The highest BCUT2D eigenvalue weighted by atomic mass is 19.4. The first-order valence-electron chi connectivity index (χ1n) is 15.8. The van der Waals surface area contributed by atoms with Gasteiger partial charge in [-0.05, 0) is 75.5 Å². The minimum absolute atomic E-state index is 0.0591. The quantitative estimate of drug-likeness (QED) is 0.228. The van der Waals surface area contributed by atoms with Crippen molar-refractivity contribution in [3.05, 3.63) is 113 Å². The van der Waals surface area contributed by atoms with Gasteiger partial charge in [0.2, 0.25) is 0 Å². The van der Waals surface area contributed by atoms with Crippen LogP contribution in [0, 0.1) is 17.1 Å². The predicted molar refractivity (Wildman–Crippen MR) is 177 cm³/mol. The normalized spacial score (nSPS) is 16.5. The number of carbonyl (C=O) groups is 3. The SMILES string of the molecule is CCN1C(=O)[C@@H](NC(=O)c2cccc(C(F)(F)F)c2)[C@@H](c2ccc(F)cc2)c2c(C(=O)N(C)C(C#N)CCN(C)C)nn(-c3ccccc3)c21. The van der Waals surface area contributed by atoms with Gasteiger partial charge in [0, 0.05) is 37.2 Å². The van der Waals surface area contributed by atoms with E-state index >= 15 is 0 Å². The van der Waals surface area contributed by atoms with E-state index in [2.05, 4.69) is 11.4 Å². The lowest BCUT2D eigenvalue weighted by Crippen LogP contribution is -2.55. The number of rotatable bonds is 10. The Labute approximate surface area is 286 Å². The molecule has 50 heavy (non-hydrogen) atoms. The molecule has 0 radical (unpaired) electrons. The van der Waals surface area contributed by atoms with Crippen molar-refractivity contribution in [2.45, 2.75) is 37.5 Å². The summed E-state index contributed by atoms with van der Waals surface area (Å²) in [5.74, 6) is -3.73. The number of alkyl halides is 3. The molecule has 0 saturated carbocycles. The zero-order chi connectivity index (χ0) is 36.3. The van der Waals surface area contributed by atoms with Crippen LogP contribution in [0.4, 0.5) is 23.4 Å². The summed E-state index contributed by atoms with van der Waals surface area (Å²) in [7, 11) is 5.16. The minimum Gasteiger partial charge on any atom is -0.339 e. The van der Waals surface area contributed by atoms with Gasteiger partial charge in [-0.3, -0.25) is 19.3 Å². The number of para-hydroxylation sites is 1. The molecule has 1 aliphatic heterocycles. The average Bonchev–Trinajstić information content (AvgIpc) is 3.48. The summed E-state index contributed by atoms with van der Waals surface area (Å²) in [5, 5.41) is 17.4. The molecule has 1 aliphatic rings. The fraction of sp³-hybridized carbons (Fsp3) is 0.306. The fourth-order valence-corrected chi connectivity index (χ4v) is 6.03. The van der Waals surface area contributed by atoms with Crippen molar-refractivity contribution in [2.24, 2.45) is 0 Å². The molecule has 0 bridgehead atoms. The molecule has 1 aromatic heterocycles. The summed E-state index contributed by atoms with van der Waals surface area (Å²) < 4.78 is 56.3. The molecule has 0 fully saturated rings. The Balaban J connectivity index is 1.73. The number of fused-ring (bicyclic) bond motifs is 1. The number of halogens is 4. The minimum atomic E-state index is -4.72. The van der Waals surface area contributed by atoms with Gasteiger partial charge < -0.3 is 15.1 Å². The molecule has 3 amide bonds. The second kappa shape index (κ2) is 14.5. The van der Waals surface area contributed by atoms with Gasteiger partial charge in [0.05, 0.1) is 17.3 Å². The van der Waals surface area contributed by atoms with E-state index in [-0.39, 0.29) is 29.2 Å². The smallest absolute Gasteiger partial charge is 0.339 e. The summed E-state index contributed by atoms with van der Waals surface area (Å²) in [6.07, 6.45) is -4.40. The zero-order valence-electron chi connectivity index (χ0n) is 27.8. The lowest BCUT2D eigenvalue weighted by molar-refractivity contribution is -0.137. The van der Waals surface area contributed by atoms with Gasteiger partial charge in [-0.2, -0.15) is 23.5 Å². The second-order valence-electron chi connectivity index (χ2n) is 12.1. The van der Waals surface area contributed by atoms with Crippen molar-refractivity contribution in [3.63, 3.8) is 0 Å². The van der Waals surface area contributed by atoms with Crippen LogP contribution >= 0.6 is 0 Å². The highest BCUT2D eigenvalue weighted by molar-refractivity contribution is 6.07. The van der Waals surface area contributed by atoms with Crippen molar-refractivity contribution < 1.29 is 31.9 Å². The number of nitrogens with one attached hydrogen (secondary N) is 1. The second-order valence-corrected chi connectivity index (χ2v) is 12.1. The molecule has 0 saturated heterocycles. The standard InChI is InChI=1S/C36H35F4N7O3/c1-5-46-33-29(31(43-47(33)26-12-7-6-8-13-26)34(49)45(4)27(21-41)18-19-44(2)3)28(22-14-16-25(37)17-15-22)30(35(46)50)42-32(48)23-10-9-11-24(20-23)36(38,39)40/h6-17,20,27-28,30H,5,18-19H2,1-4H3,(H,42,48)/t27?,28-,30-/m0/s1. The number of hydrogen-bond acceptors (Lipinski definition) is 6. The number of carbonyl (C=O) groups excluding carboxylic acids is 3. The summed E-state index contributed by atoms with van der Waals surface area (Å²) in [6, 6.07) is 17.6. The Hall–Kier alpha value is -5.55. The van der Waals surface area contributed by atoms with E-state index in [0.29, 0.717) is 30.3 Å². The molecule has 10 nitrogen and oxygen atoms in total. The lowest BCUT2D eigenvalue weighted by atomic mass is 9.80. The highest BCUT2D eigenvalue weighted by Gasteiger charge is 2.48. The first-order chi connectivity index (χ1) is 23.8. The molecule has 5 rings (SSSR count). The van der Waals surface area contributed by atoms with Gasteiger partial charge in [-0.1, -0.05) is 36.4 Å². The summed E-state index contributed by atoms with van der Waals surface area (Å²) in [6.45, 7) is 2.25. The van der Waals surface area contributed by atoms with Crippen LogP contribution in [-0.2, 0) is 11.0 Å². The molecule has 3 atom stereocenters. The number of nitriles is 1. The van der Waals surface area contributed by atoms with E-state index in [9.17, 15) is 37.2 Å². The van der Waals surface area contributed by atoms with E-state index in [1.165, 1.54) is 51.9 Å². The van der Waals surface area contributed by atoms with Crippen LogP contribution in [0.1, 0.15) is 56.8 Å². The van der Waals surface area contributed by atoms with E-state index in [4.69, 9.17) is 5.10 Å². The van der Waals surface area contributed by atoms with E-state index in [1.807, 2.05) is 19.0 Å². The van der Waals surface area contributed by atoms with Crippen molar-refractivity contribution >= 4 is 23.5 Å². The number of anilines is 1. The maximum atomic E-state index is 14.4. The first-order valence-corrected chi connectivity index (χ1v) is 15.8. The molecule has 0 spiro atoms. The van der Waals surface area contributed by atoms with Crippen LogP contribution in [0.15, 0.2) is 78.9 Å². The van der Waals surface area contributed by atoms with Crippen LogP contribution in [0.2, 0.25) is 0 Å². The Kier molecular flexibility index (Phi) is 10.4. The van der Waals surface area contributed by atoms with E-state index in [0.717, 1.165) is 12.1 Å². The molecule has 4 aromatic rings. The summed E-state index contributed by atoms with van der Waals surface area (Å²) in [5.41, 5.74) is -0.445. The van der Waals surface area contributed by atoms with Gasteiger partial charge in [-0.15, -0.1) is 0 Å². The van der Waals surface area contributed by atoms with Gasteiger partial charge in [-0.25, -0.2) is 9.07 Å². The number of amides is 3. The summed E-state index contributed by atoms with van der Waals surface area (Å²) >= 11 is 0. The molecule has 260 valence electrons. The number of aromatic nitrogens is 2. The third-order valence-corrected chi connectivity index (χ3v) is 8.60. The zero-order valence-corrected chi connectivity index (χ0v) is 27.8. The number of benzene rings is 3. The Morgan fingerprint density at radius 2 is 1.70 bits per heavy atom. The monoisotopic (exact) mass is 689 g/mol. The largest absolute Gasteiger partial charge is 0.416 e. The Morgan fingerprint density at radius 1 is 1.02 bits per heavy atom. The fourth-order valence-electron chi connectivity index (χ4n) is 6.03. The molecular weight excluding hydrogens is 654 g/mol.